The smallest absolute Gasteiger partial charge is 0.378 e. The largest absolute Gasteiger partial charge is 0.453 e. The number of hydrogen-bond acceptors (Lipinski definition) is 3. The molecule has 0 spiro atoms. The Kier molecular flexibility index (Phi) is 5.18. The van der Waals surface area contributed by atoms with Crippen LogP contribution in [0.1, 0.15) is 5.56 Å². The summed E-state index contributed by atoms with van der Waals surface area (Å²) in [6, 6.07) is 7.37. The van der Waals surface area contributed by atoms with Crippen molar-refractivity contribution in [3.05, 3.63) is 35.9 Å². The Morgan fingerprint density at radius 3 is 2.32 bits per heavy atom. The van der Waals surface area contributed by atoms with Crippen molar-refractivity contribution in [2.45, 2.75) is 0 Å². The second kappa shape index (κ2) is 6.07. The minimum absolute atomic E-state index is 0. The van der Waals surface area contributed by atoms with Crippen molar-refractivity contribution in [2.75, 3.05) is 25.6 Å². The Bertz CT molecular complexity index is 512. The third-order valence-electron chi connectivity index (χ3n) is 2.60. The normalized spacial score (nSPS) is 14.9. The van der Waals surface area contributed by atoms with Crippen molar-refractivity contribution >= 4 is 36.1 Å². The number of nitrogens with zero attached hydrogens (tertiary/aromatic N) is 2. The van der Waals surface area contributed by atoms with Crippen LogP contribution in [0.3, 0.4) is 0 Å². The van der Waals surface area contributed by atoms with E-state index >= 15 is 0 Å². The SMILES string of the molecule is Br.CN(C)c1ccc(C2=CCON2P(=O)(O)O)cc1. The van der Waals surface area contributed by atoms with Gasteiger partial charge in [0.2, 0.25) is 0 Å². The molecule has 106 valence electrons. The summed E-state index contributed by atoms with van der Waals surface area (Å²) in [5, 5.41) is 0. The maximum atomic E-state index is 11.2. The summed E-state index contributed by atoms with van der Waals surface area (Å²) in [5.74, 6) is 0. The van der Waals surface area contributed by atoms with E-state index in [1.54, 1.807) is 18.2 Å². The zero-order valence-electron chi connectivity index (χ0n) is 10.6. The van der Waals surface area contributed by atoms with Crippen molar-refractivity contribution in [3.8, 4) is 0 Å². The Hall–Kier alpha value is -0.850. The Labute approximate surface area is 122 Å². The van der Waals surface area contributed by atoms with Crippen molar-refractivity contribution in [1.29, 1.82) is 0 Å². The zero-order valence-corrected chi connectivity index (χ0v) is 13.2. The van der Waals surface area contributed by atoms with E-state index in [1.165, 1.54) is 0 Å². The molecule has 0 unspecified atom stereocenters. The van der Waals surface area contributed by atoms with E-state index in [-0.39, 0.29) is 23.6 Å². The number of hydrogen-bond donors (Lipinski definition) is 2. The van der Waals surface area contributed by atoms with Gasteiger partial charge in [-0.3, -0.25) is 4.84 Å². The summed E-state index contributed by atoms with van der Waals surface area (Å²) in [7, 11) is -0.582. The molecule has 0 amide bonds. The van der Waals surface area contributed by atoms with E-state index in [9.17, 15) is 4.57 Å². The van der Waals surface area contributed by atoms with Crippen LogP contribution in [0.25, 0.3) is 5.70 Å². The molecule has 1 aliphatic heterocycles. The first-order valence-corrected chi connectivity index (χ1v) is 6.93. The molecule has 0 radical (unpaired) electrons. The average molecular weight is 351 g/mol. The van der Waals surface area contributed by atoms with E-state index in [0.29, 0.717) is 16.1 Å². The first-order valence-electron chi connectivity index (χ1n) is 5.36. The van der Waals surface area contributed by atoms with Gasteiger partial charge >= 0.3 is 7.75 Å². The standard InChI is InChI=1S/C11H15N2O4P.BrH/c1-12(2)10-5-3-9(4-6-10)11-7-8-17-13(11)18(14,15)16;/h3-7H,8H2,1-2H3,(H2,14,15,16);1H. The van der Waals surface area contributed by atoms with E-state index in [1.807, 2.05) is 31.1 Å². The molecule has 2 N–H and O–H groups in total. The third kappa shape index (κ3) is 3.58. The molecule has 0 fully saturated rings. The highest BCUT2D eigenvalue weighted by Crippen LogP contribution is 2.48. The molecule has 0 saturated heterocycles. The molecule has 19 heavy (non-hydrogen) atoms. The zero-order chi connectivity index (χ0) is 13.3. The molecule has 0 atom stereocenters. The van der Waals surface area contributed by atoms with Gasteiger partial charge in [0.25, 0.3) is 0 Å². The number of benzene rings is 1. The molecule has 2 rings (SSSR count). The van der Waals surface area contributed by atoms with Crippen LogP contribution in [0.2, 0.25) is 0 Å². The minimum Gasteiger partial charge on any atom is -0.378 e. The lowest BCUT2D eigenvalue weighted by atomic mass is 10.1. The molecule has 0 saturated carbocycles. The van der Waals surface area contributed by atoms with Crippen LogP contribution in [0.4, 0.5) is 5.69 Å². The lowest BCUT2D eigenvalue weighted by Crippen LogP contribution is -2.14. The van der Waals surface area contributed by atoms with E-state index in [0.717, 1.165) is 5.69 Å². The molecule has 0 aliphatic carbocycles. The molecule has 6 nitrogen and oxygen atoms in total. The number of anilines is 1. The van der Waals surface area contributed by atoms with Crippen molar-refractivity contribution in [2.24, 2.45) is 0 Å². The van der Waals surface area contributed by atoms with E-state index < -0.39 is 7.75 Å². The van der Waals surface area contributed by atoms with Crippen LogP contribution in [0.15, 0.2) is 30.3 Å². The van der Waals surface area contributed by atoms with E-state index in [2.05, 4.69) is 0 Å². The topological polar surface area (TPSA) is 73.2 Å². The van der Waals surface area contributed by atoms with E-state index in [4.69, 9.17) is 14.6 Å². The second-order valence-electron chi connectivity index (χ2n) is 4.11. The molecule has 8 heteroatoms. The van der Waals surface area contributed by atoms with Crippen molar-refractivity contribution in [3.63, 3.8) is 0 Å². The van der Waals surface area contributed by atoms with Crippen LogP contribution in [0, 0.1) is 0 Å². The summed E-state index contributed by atoms with van der Waals surface area (Å²) in [5.41, 5.74) is 2.12. The molecule has 1 aromatic rings. The maximum absolute atomic E-state index is 11.2. The lowest BCUT2D eigenvalue weighted by Gasteiger charge is -2.21. The van der Waals surface area contributed by atoms with Gasteiger partial charge in [-0.15, -0.1) is 17.0 Å². The fourth-order valence-corrected chi connectivity index (χ4v) is 2.40. The molecular weight excluding hydrogens is 335 g/mol. The van der Waals surface area contributed by atoms with Crippen molar-refractivity contribution < 1.29 is 19.2 Å². The maximum Gasteiger partial charge on any atom is 0.453 e. The molecule has 0 aromatic heterocycles. The molecule has 1 heterocycles. The molecule has 0 bridgehead atoms. The minimum atomic E-state index is -4.43. The van der Waals surface area contributed by atoms with Gasteiger partial charge in [0.05, 0.1) is 12.3 Å². The monoisotopic (exact) mass is 350 g/mol. The summed E-state index contributed by atoms with van der Waals surface area (Å²) < 4.78 is 11.2. The van der Waals surface area contributed by atoms with Gasteiger partial charge in [-0.05, 0) is 18.2 Å². The number of rotatable bonds is 3. The van der Waals surface area contributed by atoms with Gasteiger partial charge in [0.1, 0.15) is 0 Å². The molecule has 1 aromatic carbocycles. The molecule has 1 aliphatic rings. The predicted octanol–water partition coefficient (Wildman–Crippen LogP) is 2.01. The highest BCUT2D eigenvalue weighted by atomic mass is 79.9. The second-order valence-corrected chi connectivity index (χ2v) is 5.50. The van der Waals surface area contributed by atoms with Gasteiger partial charge in [0.15, 0.2) is 0 Å². The van der Waals surface area contributed by atoms with Crippen LogP contribution < -0.4 is 4.90 Å². The Morgan fingerprint density at radius 2 is 1.84 bits per heavy atom. The highest BCUT2D eigenvalue weighted by Gasteiger charge is 2.32. The highest BCUT2D eigenvalue weighted by molar-refractivity contribution is 8.93. The quantitative estimate of drug-likeness (QED) is 0.812. The average Bonchev–Trinajstić information content (AvgIpc) is 2.77. The summed E-state index contributed by atoms with van der Waals surface area (Å²) in [4.78, 5) is 25.9. The summed E-state index contributed by atoms with van der Waals surface area (Å²) in [6.07, 6.45) is 1.64. The summed E-state index contributed by atoms with van der Waals surface area (Å²) in [6.45, 7) is 0.163. The Balaban J connectivity index is 0.00000180. The van der Waals surface area contributed by atoms with Crippen LogP contribution >= 0.6 is 24.7 Å². The van der Waals surface area contributed by atoms with Crippen LogP contribution in [-0.4, -0.2) is 35.3 Å². The number of hydroxylamine groups is 1. The fraction of sp³-hybridized carbons (Fsp3) is 0.273. The van der Waals surface area contributed by atoms with Crippen molar-refractivity contribution in [1.82, 2.24) is 4.83 Å². The van der Waals surface area contributed by atoms with Gasteiger partial charge in [-0.25, -0.2) is 4.57 Å². The lowest BCUT2D eigenvalue weighted by molar-refractivity contribution is -0.0266. The first kappa shape index (κ1) is 16.2. The van der Waals surface area contributed by atoms with Gasteiger partial charge in [-0.2, -0.15) is 4.83 Å². The number of halogens is 1. The molecular formula is C11H16BrN2O4P. The van der Waals surface area contributed by atoms with Crippen LogP contribution in [0.5, 0.6) is 0 Å². The fourth-order valence-electron chi connectivity index (χ4n) is 1.71. The predicted molar refractivity (Wildman–Crippen MR) is 78.9 cm³/mol. The summed E-state index contributed by atoms with van der Waals surface area (Å²) >= 11 is 0. The van der Waals surface area contributed by atoms with Crippen LogP contribution in [-0.2, 0) is 9.40 Å². The first-order chi connectivity index (χ1) is 8.39. The van der Waals surface area contributed by atoms with Gasteiger partial charge in [-0.1, -0.05) is 12.1 Å². The Morgan fingerprint density at radius 1 is 1.26 bits per heavy atom. The third-order valence-corrected chi connectivity index (χ3v) is 3.40. The van der Waals surface area contributed by atoms with Gasteiger partial charge < -0.3 is 14.7 Å². The van der Waals surface area contributed by atoms with Gasteiger partial charge in [0, 0.05) is 25.3 Å².